The second kappa shape index (κ2) is 5.64. The highest BCUT2D eigenvalue weighted by molar-refractivity contribution is 5.31. The molecule has 2 atom stereocenters. The summed E-state index contributed by atoms with van der Waals surface area (Å²) in [5.74, 6) is 0. The van der Waals surface area contributed by atoms with Crippen molar-refractivity contribution in [3.05, 3.63) is 84.4 Å². The molecule has 0 bridgehead atoms. The van der Waals surface area contributed by atoms with E-state index in [-0.39, 0.29) is 0 Å². The van der Waals surface area contributed by atoms with Crippen molar-refractivity contribution in [3.8, 4) is 0 Å². The van der Waals surface area contributed by atoms with E-state index < -0.39 is 0 Å². The Hall–Kier alpha value is -2.62. The monoisotopic (exact) mass is 290 g/mol. The lowest BCUT2D eigenvalue weighted by Gasteiger charge is -2.32. The van der Waals surface area contributed by atoms with Crippen LogP contribution in [0.25, 0.3) is 0 Å². The minimum atomic E-state index is 0.349. The van der Waals surface area contributed by atoms with Crippen LogP contribution in [0.2, 0.25) is 0 Å². The maximum absolute atomic E-state index is 3.99. The van der Waals surface area contributed by atoms with Crippen molar-refractivity contribution < 1.29 is 0 Å². The molecule has 1 saturated heterocycles. The molecule has 110 valence electrons. The van der Waals surface area contributed by atoms with E-state index in [1.54, 1.807) is 12.7 Å². The molecule has 0 unspecified atom stereocenters. The van der Waals surface area contributed by atoms with Gasteiger partial charge in [0.15, 0.2) is 0 Å². The number of hydrogen-bond acceptors (Lipinski definition) is 3. The van der Waals surface area contributed by atoms with Crippen molar-refractivity contribution in [2.75, 3.05) is 5.01 Å². The van der Waals surface area contributed by atoms with Gasteiger partial charge in [0.25, 0.3) is 0 Å². The Morgan fingerprint density at radius 2 is 1.14 bits per heavy atom. The van der Waals surface area contributed by atoms with Gasteiger partial charge in [0.2, 0.25) is 0 Å². The van der Waals surface area contributed by atoms with Gasteiger partial charge in [-0.2, -0.15) is 0 Å². The van der Waals surface area contributed by atoms with Crippen LogP contribution < -0.4 is 5.01 Å². The van der Waals surface area contributed by atoms with Crippen LogP contribution in [0.5, 0.6) is 0 Å². The van der Waals surface area contributed by atoms with Gasteiger partial charge >= 0.3 is 0 Å². The third kappa shape index (κ3) is 2.26. The Kier molecular flexibility index (Phi) is 3.35. The minimum absolute atomic E-state index is 0.349. The first-order valence-corrected chi connectivity index (χ1v) is 7.66. The Morgan fingerprint density at radius 3 is 1.59 bits per heavy atom. The quantitative estimate of drug-likeness (QED) is 0.740. The van der Waals surface area contributed by atoms with Crippen molar-refractivity contribution >= 4 is 0 Å². The van der Waals surface area contributed by atoms with Gasteiger partial charge < -0.3 is 0 Å². The van der Waals surface area contributed by atoms with E-state index in [0.29, 0.717) is 12.1 Å². The Labute approximate surface area is 130 Å². The SMILES string of the molecule is c1ccc([C@@H]2CC[C@@H](c3ccccc3)N2n2cnnc2)cc1. The summed E-state index contributed by atoms with van der Waals surface area (Å²) >= 11 is 0. The van der Waals surface area contributed by atoms with Crippen LogP contribution in [-0.4, -0.2) is 14.9 Å². The molecule has 2 aromatic carbocycles. The maximum atomic E-state index is 3.99. The van der Waals surface area contributed by atoms with Crippen LogP contribution in [0.3, 0.4) is 0 Å². The van der Waals surface area contributed by atoms with Crippen molar-refractivity contribution in [1.82, 2.24) is 14.9 Å². The molecule has 0 saturated carbocycles. The van der Waals surface area contributed by atoms with E-state index in [4.69, 9.17) is 0 Å². The van der Waals surface area contributed by atoms with Gasteiger partial charge in [-0.1, -0.05) is 60.7 Å². The molecule has 22 heavy (non-hydrogen) atoms. The van der Waals surface area contributed by atoms with Crippen LogP contribution in [0.1, 0.15) is 36.1 Å². The fourth-order valence-corrected chi connectivity index (χ4v) is 3.42. The number of hydrogen-bond donors (Lipinski definition) is 0. The summed E-state index contributed by atoms with van der Waals surface area (Å²) in [6.45, 7) is 0. The second-order valence-corrected chi connectivity index (χ2v) is 5.65. The molecule has 3 aromatic rings. The molecular weight excluding hydrogens is 272 g/mol. The van der Waals surface area contributed by atoms with Gasteiger partial charge in [0.1, 0.15) is 12.7 Å². The van der Waals surface area contributed by atoms with Crippen LogP contribution in [-0.2, 0) is 0 Å². The van der Waals surface area contributed by atoms with Gasteiger partial charge in [-0.05, 0) is 24.0 Å². The summed E-state index contributed by atoms with van der Waals surface area (Å²) in [5, 5.41) is 10.4. The summed E-state index contributed by atoms with van der Waals surface area (Å²) in [4.78, 5) is 0. The molecule has 2 heterocycles. The summed E-state index contributed by atoms with van der Waals surface area (Å²) in [7, 11) is 0. The fourth-order valence-electron chi connectivity index (χ4n) is 3.42. The molecule has 0 N–H and O–H groups in total. The van der Waals surface area contributed by atoms with Crippen molar-refractivity contribution in [2.45, 2.75) is 24.9 Å². The molecule has 0 spiro atoms. The van der Waals surface area contributed by atoms with Crippen molar-refractivity contribution in [1.29, 1.82) is 0 Å². The lowest BCUT2D eigenvalue weighted by Crippen LogP contribution is -2.35. The predicted molar refractivity (Wildman–Crippen MR) is 85.8 cm³/mol. The number of aromatic nitrogens is 3. The van der Waals surface area contributed by atoms with Gasteiger partial charge in [-0.3, -0.25) is 5.01 Å². The van der Waals surface area contributed by atoms with E-state index in [2.05, 4.69) is 75.9 Å². The largest absolute Gasteiger partial charge is 0.295 e. The molecule has 1 aromatic heterocycles. The first-order chi connectivity index (χ1) is 10.9. The molecule has 4 nitrogen and oxygen atoms in total. The van der Waals surface area contributed by atoms with Crippen LogP contribution in [0.15, 0.2) is 73.3 Å². The second-order valence-electron chi connectivity index (χ2n) is 5.65. The fraction of sp³-hybridized carbons (Fsp3) is 0.222. The summed E-state index contributed by atoms with van der Waals surface area (Å²) < 4.78 is 2.03. The topological polar surface area (TPSA) is 34.0 Å². The normalized spacial score (nSPS) is 21.2. The van der Waals surface area contributed by atoms with Crippen LogP contribution in [0, 0.1) is 0 Å². The molecule has 0 aliphatic carbocycles. The Morgan fingerprint density at radius 1 is 0.682 bits per heavy atom. The number of rotatable bonds is 3. The average Bonchev–Trinajstić information content (AvgIpc) is 3.25. The molecular formula is C18H18N4. The zero-order valence-electron chi connectivity index (χ0n) is 12.3. The highest BCUT2D eigenvalue weighted by Gasteiger charge is 2.35. The van der Waals surface area contributed by atoms with Crippen LogP contribution in [0.4, 0.5) is 0 Å². The van der Waals surface area contributed by atoms with E-state index >= 15 is 0 Å². The first-order valence-electron chi connectivity index (χ1n) is 7.66. The standard InChI is InChI=1S/C18H18N4/c1-3-7-15(8-4-1)17-11-12-18(16-9-5-2-6-10-16)22(17)21-13-19-20-14-21/h1-10,13-14,17-18H,11-12H2/t17-,18-/m0/s1. The molecule has 0 amide bonds. The zero-order chi connectivity index (χ0) is 14.8. The minimum Gasteiger partial charge on any atom is -0.295 e. The molecule has 1 aliphatic rings. The molecule has 0 radical (unpaired) electrons. The van der Waals surface area contributed by atoms with E-state index in [1.165, 1.54) is 11.1 Å². The lowest BCUT2D eigenvalue weighted by molar-refractivity contribution is 0.499. The summed E-state index contributed by atoms with van der Waals surface area (Å²) in [6, 6.07) is 22.1. The van der Waals surface area contributed by atoms with E-state index in [0.717, 1.165) is 12.8 Å². The summed E-state index contributed by atoms with van der Waals surface area (Å²) in [5.41, 5.74) is 2.68. The van der Waals surface area contributed by atoms with E-state index in [1.807, 2.05) is 4.68 Å². The third-order valence-corrected chi connectivity index (χ3v) is 4.39. The number of nitrogens with zero attached hydrogens (tertiary/aromatic N) is 4. The lowest BCUT2D eigenvalue weighted by atomic mass is 10.0. The smallest absolute Gasteiger partial charge is 0.139 e. The van der Waals surface area contributed by atoms with Crippen LogP contribution >= 0.6 is 0 Å². The molecule has 4 rings (SSSR count). The molecule has 1 aliphatic heterocycles. The van der Waals surface area contributed by atoms with Gasteiger partial charge in [-0.15, -0.1) is 10.2 Å². The van der Waals surface area contributed by atoms with Crippen molar-refractivity contribution in [3.63, 3.8) is 0 Å². The Bertz CT molecular complexity index is 662. The highest BCUT2D eigenvalue weighted by Crippen LogP contribution is 2.42. The molecule has 1 fully saturated rings. The van der Waals surface area contributed by atoms with E-state index in [9.17, 15) is 0 Å². The number of benzene rings is 2. The maximum Gasteiger partial charge on any atom is 0.139 e. The van der Waals surface area contributed by atoms with Gasteiger partial charge in [0.05, 0.1) is 12.1 Å². The predicted octanol–water partition coefficient (Wildman–Crippen LogP) is 3.49. The zero-order valence-corrected chi connectivity index (χ0v) is 12.3. The highest BCUT2D eigenvalue weighted by atomic mass is 15.6. The molecule has 4 heteroatoms. The van der Waals surface area contributed by atoms with Crippen molar-refractivity contribution in [2.24, 2.45) is 0 Å². The average molecular weight is 290 g/mol. The Balaban J connectivity index is 1.75. The third-order valence-electron chi connectivity index (χ3n) is 4.39. The summed E-state index contributed by atoms with van der Waals surface area (Å²) in [6.07, 6.45) is 5.83. The first kappa shape index (κ1) is 13.1. The van der Waals surface area contributed by atoms with Gasteiger partial charge in [-0.25, -0.2) is 4.68 Å². The van der Waals surface area contributed by atoms with Gasteiger partial charge in [0, 0.05) is 0 Å².